The Morgan fingerprint density at radius 1 is 1.04 bits per heavy atom. The first kappa shape index (κ1) is 17.7. The Balaban J connectivity index is 1.52. The maximum absolute atomic E-state index is 11.9. The zero-order valence-corrected chi connectivity index (χ0v) is 15.9. The van der Waals surface area contributed by atoms with Crippen LogP contribution in [0.1, 0.15) is 11.1 Å². The Labute approximate surface area is 159 Å². The fourth-order valence-corrected chi connectivity index (χ4v) is 3.87. The molecule has 0 aliphatic carbocycles. The summed E-state index contributed by atoms with van der Waals surface area (Å²) in [6.07, 6.45) is 1.69. The van der Waals surface area contributed by atoms with Crippen LogP contribution in [0.3, 0.4) is 0 Å². The molecule has 0 saturated heterocycles. The predicted octanol–water partition coefficient (Wildman–Crippen LogP) is 4.99. The molecule has 0 bridgehead atoms. The van der Waals surface area contributed by atoms with Crippen LogP contribution in [-0.4, -0.2) is 17.9 Å². The normalized spacial score (nSPS) is 11.1. The molecule has 0 spiro atoms. The Morgan fingerprint density at radius 3 is 2.68 bits per heavy atom. The van der Waals surface area contributed by atoms with Crippen molar-refractivity contribution in [1.82, 2.24) is 5.43 Å². The van der Waals surface area contributed by atoms with Gasteiger partial charge in [0.25, 0.3) is 0 Å². The predicted molar refractivity (Wildman–Crippen MR) is 110 cm³/mol. The van der Waals surface area contributed by atoms with Gasteiger partial charge in [-0.25, -0.2) is 5.43 Å². The van der Waals surface area contributed by atoms with Crippen LogP contribution in [0.2, 0.25) is 0 Å². The molecular formula is C20H17BrN2OS. The monoisotopic (exact) mass is 412 g/mol. The summed E-state index contributed by atoms with van der Waals surface area (Å²) in [6, 6.07) is 22.2. The number of halogens is 1. The van der Waals surface area contributed by atoms with Gasteiger partial charge >= 0.3 is 0 Å². The Morgan fingerprint density at radius 2 is 1.80 bits per heavy atom. The van der Waals surface area contributed by atoms with Crippen LogP contribution in [0.15, 0.2) is 76.3 Å². The number of fused-ring (bicyclic) bond motifs is 1. The van der Waals surface area contributed by atoms with E-state index in [2.05, 4.69) is 38.6 Å². The van der Waals surface area contributed by atoms with Gasteiger partial charge in [0.05, 0.1) is 12.0 Å². The lowest BCUT2D eigenvalue weighted by atomic mass is 10.1. The van der Waals surface area contributed by atoms with E-state index in [1.54, 1.807) is 18.0 Å². The maximum atomic E-state index is 11.9. The maximum Gasteiger partial charge on any atom is 0.250 e. The summed E-state index contributed by atoms with van der Waals surface area (Å²) in [5.74, 6) is 1.05. The second-order valence-corrected chi connectivity index (χ2v) is 7.29. The van der Waals surface area contributed by atoms with Crippen molar-refractivity contribution in [2.45, 2.75) is 5.75 Å². The molecule has 3 aromatic rings. The molecule has 25 heavy (non-hydrogen) atoms. The summed E-state index contributed by atoms with van der Waals surface area (Å²) in [5.41, 5.74) is 4.76. The third-order valence-electron chi connectivity index (χ3n) is 3.66. The van der Waals surface area contributed by atoms with Crippen molar-refractivity contribution in [2.24, 2.45) is 5.10 Å². The third-order valence-corrected chi connectivity index (χ3v) is 5.42. The molecule has 0 saturated carbocycles. The van der Waals surface area contributed by atoms with E-state index in [0.717, 1.165) is 26.6 Å². The number of carbonyl (C=O) groups excluding carboxylic acids is 1. The highest BCUT2D eigenvalue weighted by Gasteiger charge is 2.03. The summed E-state index contributed by atoms with van der Waals surface area (Å²) < 4.78 is 1.07. The van der Waals surface area contributed by atoms with Crippen molar-refractivity contribution < 1.29 is 4.79 Å². The molecule has 0 fully saturated rings. The van der Waals surface area contributed by atoms with Crippen LogP contribution in [-0.2, 0) is 10.5 Å². The lowest BCUT2D eigenvalue weighted by Crippen LogP contribution is -2.19. The van der Waals surface area contributed by atoms with E-state index in [4.69, 9.17) is 0 Å². The first-order valence-corrected chi connectivity index (χ1v) is 9.79. The topological polar surface area (TPSA) is 41.5 Å². The number of thioether (sulfide) groups is 1. The molecule has 0 radical (unpaired) electrons. The van der Waals surface area contributed by atoms with Gasteiger partial charge in [-0.15, -0.1) is 11.8 Å². The molecule has 1 amide bonds. The van der Waals surface area contributed by atoms with Crippen LogP contribution >= 0.6 is 27.7 Å². The van der Waals surface area contributed by atoms with Gasteiger partial charge in [-0.05, 0) is 22.4 Å². The van der Waals surface area contributed by atoms with E-state index in [9.17, 15) is 4.79 Å². The highest BCUT2D eigenvalue weighted by molar-refractivity contribution is 9.10. The summed E-state index contributed by atoms with van der Waals surface area (Å²) in [6.45, 7) is 0. The molecule has 0 aliphatic rings. The Hall–Kier alpha value is -2.11. The van der Waals surface area contributed by atoms with Crippen molar-refractivity contribution in [3.8, 4) is 0 Å². The molecule has 1 N–H and O–H groups in total. The van der Waals surface area contributed by atoms with Crippen molar-refractivity contribution in [2.75, 3.05) is 5.75 Å². The fourth-order valence-electron chi connectivity index (χ4n) is 2.44. The average molecular weight is 413 g/mol. The Bertz CT molecular complexity index is 906. The van der Waals surface area contributed by atoms with Gasteiger partial charge in [-0.1, -0.05) is 76.6 Å². The highest BCUT2D eigenvalue weighted by Crippen LogP contribution is 2.21. The summed E-state index contributed by atoms with van der Waals surface area (Å²) in [5, 5.41) is 6.36. The molecule has 3 nitrogen and oxygen atoms in total. The van der Waals surface area contributed by atoms with Crippen molar-refractivity contribution >= 4 is 50.6 Å². The van der Waals surface area contributed by atoms with Gasteiger partial charge in [-0.3, -0.25) is 4.79 Å². The number of benzene rings is 3. The van der Waals surface area contributed by atoms with E-state index in [1.807, 2.05) is 54.6 Å². The molecule has 0 unspecified atom stereocenters. The van der Waals surface area contributed by atoms with Gasteiger partial charge in [0.1, 0.15) is 0 Å². The number of hydrogen-bond acceptors (Lipinski definition) is 3. The lowest BCUT2D eigenvalue weighted by Gasteiger charge is -2.04. The number of amides is 1. The van der Waals surface area contributed by atoms with Crippen LogP contribution in [0.4, 0.5) is 0 Å². The standard InChI is InChI=1S/C20H17BrN2OS/c21-19-11-4-2-7-17(19)13-25-14-20(24)23-22-12-16-9-5-8-15-6-1-3-10-18(15)16/h1-12H,13-14H2,(H,23,24). The highest BCUT2D eigenvalue weighted by atomic mass is 79.9. The quantitative estimate of drug-likeness (QED) is 0.457. The van der Waals surface area contributed by atoms with E-state index in [-0.39, 0.29) is 5.91 Å². The van der Waals surface area contributed by atoms with Crippen LogP contribution < -0.4 is 5.43 Å². The zero-order chi connectivity index (χ0) is 17.5. The first-order valence-electron chi connectivity index (χ1n) is 7.85. The van der Waals surface area contributed by atoms with Gasteiger partial charge in [-0.2, -0.15) is 5.10 Å². The second-order valence-electron chi connectivity index (χ2n) is 5.45. The minimum Gasteiger partial charge on any atom is -0.272 e. The minimum atomic E-state index is -0.103. The van der Waals surface area contributed by atoms with Crippen molar-refractivity contribution in [1.29, 1.82) is 0 Å². The van der Waals surface area contributed by atoms with Crippen LogP contribution in [0, 0.1) is 0 Å². The van der Waals surface area contributed by atoms with Gasteiger partial charge in [0.15, 0.2) is 0 Å². The van der Waals surface area contributed by atoms with E-state index < -0.39 is 0 Å². The Kier molecular flexibility index (Phi) is 6.25. The smallest absolute Gasteiger partial charge is 0.250 e. The van der Waals surface area contributed by atoms with Crippen LogP contribution in [0.5, 0.6) is 0 Å². The molecule has 0 aromatic heterocycles. The molecule has 5 heteroatoms. The largest absolute Gasteiger partial charge is 0.272 e. The van der Waals surface area contributed by atoms with E-state index >= 15 is 0 Å². The fraction of sp³-hybridized carbons (Fsp3) is 0.100. The number of nitrogens with zero attached hydrogens (tertiary/aromatic N) is 1. The van der Waals surface area contributed by atoms with Crippen LogP contribution in [0.25, 0.3) is 10.8 Å². The second kappa shape index (κ2) is 8.83. The third kappa shape index (κ3) is 4.94. The number of hydrazone groups is 1. The molecule has 126 valence electrons. The number of carbonyl (C=O) groups is 1. The average Bonchev–Trinajstić information content (AvgIpc) is 2.63. The van der Waals surface area contributed by atoms with Crippen molar-refractivity contribution in [3.63, 3.8) is 0 Å². The van der Waals surface area contributed by atoms with Gasteiger partial charge in [0.2, 0.25) is 5.91 Å². The molecule has 3 rings (SSSR count). The SMILES string of the molecule is O=C(CSCc1ccccc1Br)NN=Cc1cccc2ccccc12. The molecule has 0 atom stereocenters. The summed E-state index contributed by atoms with van der Waals surface area (Å²) >= 11 is 5.08. The summed E-state index contributed by atoms with van der Waals surface area (Å²) in [4.78, 5) is 11.9. The first-order chi connectivity index (χ1) is 12.2. The lowest BCUT2D eigenvalue weighted by molar-refractivity contribution is -0.118. The van der Waals surface area contributed by atoms with E-state index in [1.165, 1.54) is 5.56 Å². The van der Waals surface area contributed by atoms with Gasteiger partial charge in [0, 0.05) is 15.8 Å². The van der Waals surface area contributed by atoms with Gasteiger partial charge < -0.3 is 0 Å². The summed E-state index contributed by atoms with van der Waals surface area (Å²) in [7, 11) is 0. The molecule has 0 heterocycles. The minimum absolute atomic E-state index is 0.103. The van der Waals surface area contributed by atoms with E-state index in [0.29, 0.717) is 5.75 Å². The zero-order valence-electron chi connectivity index (χ0n) is 13.5. The molecule has 3 aromatic carbocycles. The van der Waals surface area contributed by atoms with Crippen molar-refractivity contribution in [3.05, 3.63) is 82.3 Å². The molecule has 0 aliphatic heterocycles. The number of nitrogens with one attached hydrogen (secondary N) is 1. The number of hydrogen-bond donors (Lipinski definition) is 1. The molecular weight excluding hydrogens is 396 g/mol. The number of rotatable bonds is 6.